The van der Waals surface area contributed by atoms with Crippen LogP contribution in [0.5, 0.6) is 11.5 Å². The van der Waals surface area contributed by atoms with Crippen molar-refractivity contribution in [2.24, 2.45) is 0 Å². The Morgan fingerprint density at radius 3 is 2.48 bits per heavy atom. The molecule has 1 amide bonds. The maximum Gasteiger partial charge on any atom is 0.345 e. The maximum atomic E-state index is 12.4. The standard InChI is InChI=1S/C19H16ClN5O6/c1-11-5-15(3-4-17(11)20)31-16-8-13(7-14(9-16)24(27)28)21-18(26)10-23-19(25(29)30)6-12(2)22-23/h3-9H,10H2,1-2H3,(H,21,26). The van der Waals surface area contributed by atoms with Crippen molar-refractivity contribution < 1.29 is 19.4 Å². The molecule has 0 aliphatic heterocycles. The average molecular weight is 446 g/mol. The van der Waals surface area contributed by atoms with Gasteiger partial charge in [0.25, 0.3) is 11.6 Å². The molecule has 3 aromatic rings. The summed E-state index contributed by atoms with van der Waals surface area (Å²) in [5.41, 5.74) is 0.920. The minimum atomic E-state index is -0.653. The first kappa shape index (κ1) is 21.7. The summed E-state index contributed by atoms with van der Waals surface area (Å²) in [6.45, 7) is 2.90. The Balaban J connectivity index is 1.83. The van der Waals surface area contributed by atoms with Crippen LogP contribution in [0.3, 0.4) is 0 Å². The Hall–Kier alpha value is -3.99. The number of hydrogen-bond donors (Lipinski definition) is 1. The maximum absolute atomic E-state index is 12.4. The number of halogens is 1. The van der Waals surface area contributed by atoms with Crippen LogP contribution in [-0.4, -0.2) is 25.5 Å². The number of hydrogen-bond acceptors (Lipinski definition) is 7. The second kappa shape index (κ2) is 8.79. The Morgan fingerprint density at radius 1 is 1.10 bits per heavy atom. The van der Waals surface area contributed by atoms with Crippen LogP contribution < -0.4 is 10.1 Å². The zero-order valence-corrected chi connectivity index (χ0v) is 17.1. The largest absolute Gasteiger partial charge is 0.457 e. The number of anilines is 1. The summed E-state index contributed by atoms with van der Waals surface area (Å²) in [6.07, 6.45) is 0. The van der Waals surface area contributed by atoms with E-state index in [0.717, 1.165) is 16.3 Å². The summed E-state index contributed by atoms with van der Waals surface area (Å²) in [6, 6.07) is 9.90. The number of nitro benzene ring substituents is 1. The zero-order chi connectivity index (χ0) is 22.7. The van der Waals surface area contributed by atoms with Crippen LogP contribution in [0.25, 0.3) is 0 Å². The van der Waals surface area contributed by atoms with Crippen molar-refractivity contribution in [1.82, 2.24) is 9.78 Å². The van der Waals surface area contributed by atoms with Gasteiger partial charge in [-0.25, -0.2) is 0 Å². The molecule has 0 radical (unpaired) electrons. The summed E-state index contributed by atoms with van der Waals surface area (Å²) in [5, 5.41) is 29.3. The van der Waals surface area contributed by atoms with Crippen molar-refractivity contribution >= 4 is 34.7 Å². The molecule has 0 bridgehead atoms. The van der Waals surface area contributed by atoms with Crippen molar-refractivity contribution in [2.75, 3.05) is 5.32 Å². The first-order chi connectivity index (χ1) is 14.6. The van der Waals surface area contributed by atoms with Gasteiger partial charge in [0, 0.05) is 17.2 Å². The first-order valence-electron chi connectivity index (χ1n) is 8.84. The van der Waals surface area contributed by atoms with Gasteiger partial charge in [-0.05, 0) is 42.5 Å². The highest BCUT2D eigenvalue weighted by Gasteiger charge is 2.20. The van der Waals surface area contributed by atoms with Crippen LogP contribution >= 0.6 is 11.6 Å². The summed E-state index contributed by atoms with van der Waals surface area (Å²) in [5.74, 6) is -0.469. The van der Waals surface area contributed by atoms with Gasteiger partial charge >= 0.3 is 5.82 Å². The molecule has 0 unspecified atom stereocenters. The predicted molar refractivity (Wildman–Crippen MR) is 112 cm³/mol. The van der Waals surface area contributed by atoms with E-state index >= 15 is 0 Å². The quantitative estimate of drug-likeness (QED) is 0.419. The van der Waals surface area contributed by atoms with Gasteiger partial charge in [0.15, 0.2) is 6.54 Å². The Bertz CT molecular complexity index is 1190. The molecule has 1 heterocycles. The van der Waals surface area contributed by atoms with Crippen molar-refractivity contribution in [3.05, 3.63) is 79.0 Å². The minimum Gasteiger partial charge on any atom is -0.457 e. The molecule has 1 aromatic heterocycles. The Kier molecular flexibility index (Phi) is 6.16. The van der Waals surface area contributed by atoms with Gasteiger partial charge in [0.2, 0.25) is 0 Å². The van der Waals surface area contributed by atoms with Crippen LogP contribution in [0, 0.1) is 34.1 Å². The van der Waals surface area contributed by atoms with Crippen LogP contribution in [0.15, 0.2) is 42.5 Å². The molecular weight excluding hydrogens is 430 g/mol. The number of aromatic nitrogens is 2. The predicted octanol–water partition coefficient (Wildman–Crippen LogP) is 4.40. The Morgan fingerprint density at radius 2 is 1.84 bits per heavy atom. The fourth-order valence-electron chi connectivity index (χ4n) is 2.77. The van der Waals surface area contributed by atoms with Crippen molar-refractivity contribution in [1.29, 1.82) is 0 Å². The molecule has 0 aliphatic rings. The molecule has 12 heteroatoms. The van der Waals surface area contributed by atoms with Crippen LogP contribution in [0.1, 0.15) is 11.3 Å². The van der Waals surface area contributed by atoms with Gasteiger partial charge < -0.3 is 20.2 Å². The van der Waals surface area contributed by atoms with Gasteiger partial charge in [0.1, 0.15) is 11.5 Å². The summed E-state index contributed by atoms with van der Waals surface area (Å²) >= 11 is 5.99. The highest BCUT2D eigenvalue weighted by Crippen LogP contribution is 2.31. The van der Waals surface area contributed by atoms with E-state index in [1.807, 2.05) is 0 Å². The van der Waals surface area contributed by atoms with E-state index in [4.69, 9.17) is 16.3 Å². The summed E-state index contributed by atoms with van der Waals surface area (Å²) < 4.78 is 6.62. The SMILES string of the molecule is Cc1cc([N+](=O)[O-])n(CC(=O)Nc2cc(Oc3ccc(Cl)c(C)c3)cc([N+](=O)[O-])c2)n1. The third-order valence-electron chi connectivity index (χ3n) is 4.11. The van der Waals surface area contributed by atoms with Gasteiger partial charge in [-0.1, -0.05) is 16.7 Å². The molecule has 31 heavy (non-hydrogen) atoms. The van der Waals surface area contributed by atoms with E-state index in [1.54, 1.807) is 32.0 Å². The average Bonchev–Trinajstić information content (AvgIpc) is 3.04. The number of nitrogens with zero attached hydrogens (tertiary/aromatic N) is 4. The van der Waals surface area contributed by atoms with E-state index in [9.17, 15) is 25.0 Å². The number of carbonyl (C=O) groups is 1. The molecular formula is C19H16ClN5O6. The highest BCUT2D eigenvalue weighted by atomic mass is 35.5. The van der Waals surface area contributed by atoms with Crippen LogP contribution in [0.4, 0.5) is 17.2 Å². The molecule has 160 valence electrons. The normalized spacial score (nSPS) is 10.5. The van der Waals surface area contributed by atoms with E-state index in [1.165, 1.54) is 18.2 Å². The molecule has 3 rings (SSSR count). The van der Waals surface area contributed by atoms with Crippen molar-refractivity contribution in [2.45, 2.75) is 20.4 Å². The van der Waals surface area contributed by atoms with Crippen molar-refractivity contribution in [3.8, 4) is 11.5 Å². The lowest BCUT2D eigenvalue weighted by Gasteiger charge is -2.10. The van der Waals surface area contributed by atoms with Gasteiger partial charge in [-0.2, -0.15) is 0 Å². The number of nitrogens with one attached hydrogen (secondary N) is 1. The van der Waals surface area contributed by atoms with Gasteiger partial charge in [-0.3, -0.25) is 14.9 Å². The van der Waals surface area contributed by atoms with Crippen LogP contribution in [0.2, 0.25) is 5.02 Å². The van der Waals surface area contributed by atoms with Crippen molar-refractivity contribution in [3.63, 3.8) is 0 Å². The number of benzene rings is 2. The number of rotatable bonds is 7. The third kappa shape index (κ3) is 5.34. The number of nitro groups is 2. The number of amides is 1. The smallest absolute Gasteiger partial charge is 0.345 e. The van der Waals surface area contributed by atoms with E-state index < -0.39 is 22.3 Å². The van der Waals surface area contributed by atoms with E-state index in [2.05, 4.69) is 10.4 Å². The molecule has 2 aromatic carbocycles. The zero-order valence-electron chi connectivity index (χ0n) is 16.4. The highest BCUT2D eigenvalue weighted by molar-refractivity contribution is 6.31. The second-order valence-corrected chi connectivity index (χ2v) is 7.00. The number of ether oxygens (including phenoxy) is 1. The number of aryl methyl sites for hydroxylation is 2. The Labute approximate surface area is 180 Å². The molecule has 11 nitrogen and oxygen atoms in total. The molecule has 0 fully saturated rings. The molecule has 1 N–H and O–H groups in total. The molecule has 0 saturated heterocycles. The fourth-order valence-corrected chi connectivity index (χ4v) is 2.89. The lowest BCUT2D eigenvalue weighted by atomic mass is 10.2. The number of carbonyl (C=O) groups excluding carboxylic acids is 1. The lowest BCUT2D eigenvalue weighted by molar-refractivity contribution is -0.392. The van der Waals surface area contributed by atoms with Gasteiger partial charge in [-0.15, -0.1) is 4.68 Å². The minimum absolute atomic E-state index is 0.0893. The second-order valence-electron chi connectivity index (χ2n) is 6.59. The lowest BCUT2D eigenvalue weighted by Crippen LogP contribution is -2.20. The molecule has 0 saturated carbocycles. The summed E-state index contributed by atoms with van der Waals surface area (Å²) in [4.78, 5) is 33.5. The molecule has 0 aliphatic carbocycles. The summed E-state index contributed by atoms with van der Waals surface area (Å²) in [7, 11) is 0. The molecule has 0 atom stereocenters. The molecule has 0 spiro atoms. The van der Waals surface area contributed by atoms with Gasteiger partial charge in [0.05, 0.1) is 28.4 Å². The third-order valence-corrected chi connectivity index (χ3v) is 4.54. The topological polar surface area (TPSA) is 142 Å². The van der Waals surface area contributed by atoms with E-state index in [-0.39, 0.29) is 22.9 Å². The number of non-ortho nitro benzene ring substituents is 1. The fraction of sp³-hybridized carbons (Fsp3) is 0.158. The van der Waals surface area contributed by atoms with E-state index in [0.29, 0.717) is 16.5 Å². The van der Waals surface area contributed by atoms with Crippen LogP contribution in [-0.2, 0) is 11.3 Å². The first-order valence-corrected chi connectivity index (χ1v) is 9.22. The monoisotopic (exact) mass is 445 g/mol.